The summed E-state index contributed by atoms with van der Waals surface area (Å²) in [6, 6.07) is 7.09. The molecule has 1 aliphatic carbocycles. The zero-order valence-electron chi connectivity index (χ0n) is 9.95. The molecule has 0 unspecified atom stereocenters. The summed E-state index contributed by atoms with van der Waals surface area (Å²) in [7, 11) is 0. The largest absolute Gasteiger partial charge is 0.399 e. The molecule has 1 saturated carbocycles. The molecule has 1 fully saturated rings. The zero-order chi connectivity index (χ0) is 11.5. The van der Waals surface area contributed by atoms with Crippen molar-refractivity contribution in [3.63, 3.8) is 0 Å². The van der Waals surface area contributed by atoms with E-state index in [1.807, 2.05) is 12.1 Å². The van der Waals surface area contributed by atoms with Gasteiger partial charge in [0.1, 0.15) is 0 Å². The summed E-state index contributed by atoms with van der Waals surface area (Å²) in [6.45, 7) is 7.88. The van der Waals surface area contributed by atoms with Crippen LogP contribution in [-0.2, 0) is 6.54 Å². The number of aryl methyl sites for hydroxylation is 1. The Bertz CT molecular complexity index is 380. The van der Waals surface area contributed by atoms with Crippen LogP contribution in [0.2, 0.25) is 0 Å². The highest BCUT2D eigenvalue weighted by Gasteiger charge is 2.27. The Kier molecular flexibility index (Phi) is 3.30. The van der Waals surface area contributed by atoms with Gasteiger partial charge in [-0.1, -0.05) is 18.2 Å². The van der Waals surface area contributed by atoms with E-state index in [2.05, 4.69) is 30.5 Å². The number of hydrogen-bond acceptors (Lipinski definition) is 2. The molecular formula is C14H20N2. The monoisotopic (exact) mass is 216 g/mol. The van der Waals surface area contributed by atoms with Gasteiger partial charge in [0.15, 0.2) is 0 Å². The minimum absolute atomic E-state index is 0.774. The maximum absolute atomic E-state index is 5.82. The third-order valence-electron chi connectivity index (χ3n) is 3.15. The highest BCUT2D eigenvalue weighted by atomic mass is 15.2. The Hall–Kier alpha value is -1.28. The van der Waals surface area contributed by atoms with Gasteiger partial charge in [0.05, 0.1) is 0 Å². The molecule has 0 saturated heterocycles. The number of nitrogens with two attached hydrogens (primary N) is 1. The van der Waals surface area contributed by atoms with E-state index in [1.165, 1.54) is 24.0 Å². The highest BCUT2D eigenvalue weighted by molar-refractivity contribution is 5.47. The average Bonchev–Trinajstić information content (AvgIpc) is 3.06. The average molecular weight is 216 g/mol. The normalized spacial score (nSPS) is 15.4. The number of anilines is 1. The Balaban J connectivity index is 2.05. The van der Waals surface area contributed by atoms with Crippen molar-refractivity contribution in [2.75, 3.05) is 12.3 Å². The van der Waals surface area contributed by atoms with Crippen LogP contribution in [0.1, 0.15) is 24.0 Å². The molecule has 1 aliphatic rings. The number of rotatable bonds is 5. The van der Waals surface area contributed by atoms with E-state index in [4.69, 9.17) is 5.73 Å². The molecule has 0 amide bonds. The molecule has 16 heavy (non-hydrogen) atoms. The standard InChI is InChI=1S/C14H20N2/c1-3-8-16(13-5-6-13)10-12-4-7-14(15)11(2)9-12/h3-4,7,9,13H,1,5-6,8,10,15H2,2H3. The molecule has 0 aliphatic heterocycles. The van der Waals surface area contributed by atoms with Crippen LogP contribution in [0.15, 0.2) is 30.9 Å². The maximum Gasteiger partial charge on any atom is 0.0343 e. The number of nitrogen functional groups attached to an aromatic ring is 1. The molecule has 1 aromatic carbocycles. The predicted octanol–water partition coefficient (Wildman–Crippen LogP) is 2.73. The Morgan fingerprint density at radius 1 is 1.50 bits per heavy atom. The van der Waals surface area contributed by atoms with Crippen LogP contribution in [0.4, 0.5) is 5.69 Å². The van der Waals surface area contributed by atoms with Crippen molar-refractivity contribution in [3.8, 4) is 0 Å². The van der Waals surface area contributed by atoms with Crippen molar-refractivity contribution >= 4 is 5.69 Å². The van der Waals surface area contributed by atoms with Crippen molar-refractivity contribution < 1.29 is 0 Å². The second-order valence-corrected chi connectivity index (χ2v) is 4.64. The van der Waals surface area contributed by atoms with Crippen LogP contribution in [0.25, 0.3) is 0 Å². The molecule has 0 spiro atoms. The predicted molar refractivity (Wildman–Crippen MR) is 69.2 cm³/mol. The molecule has 2 nitrogen and oxygen atoms in total. The van der Waals surface area contributed by atoms with E-state index in [1.54, 1.807) is 0 Å². The molecule has 2 rings (SSSR count). The molecule has 0 heterocycles. The summed E-state index contributed by atoms with van der Waals surface area (Å²) in [4.78, 5) is 2.48. The highest BCUT2D eigenvalue weighted by Crippen LogP contribution is 2.28. The fraction of sp³-hybridized carbons (Fsp3) is 0.429. The van der Waals surface area contributed by atoms with E-state index in [-0.39, 0.29) is 0 Å². The van der Waals surface area contributed by atoms with E-state index in [0.29, 0.717) is 0 Å². The summed E-state index contributed by atoms with van der Waals surface area (Å²) in [5.74, 6) is 0. The summed E-state index contributed by atoms with van der Waals surface area (Å²) in [6.07, 6.45) is 4.66. The smallest absolute Gasteiger partial charge is 0.0343 e. The lowest BCUT2D eigenvalue weighted by Gasteiger charge is -2.20. The first kappa shape index (κ1) is 11.2. The summed E-state index contributed by atoms with van der Waals surface area (Å²) in [5, 5.41) is 0. The van der Waals surface area contributed by atoms with Crippen LogP contribution in [0.3, 0.4) is 0 Å². The van der Waals surface area contributed by atoms with Crippen molar-refractivity contribution in [1.82, 2.24) is 4.90 Å². The lowest BCUT2D eigenvalue weighted by molar-refractivity contribution is 0.284. The van der Waals surface area contributed by atoms with Gasteiger partial charge in [-0.2, -0.15) is 0 Å². The zero-order valence-corrected chi connectivity index (χ0v) is 9.95. The molecular weight excluding hydrogens is 196 g/mol. The Morgan fingerprint density at radius 2 is 2.25 bits per heavy atom. The third kappa shape index (κ3) is 2.64. The van der Waals surface area contributed by atoms with Crippen molar-refractivity contribution in [1.29, 1.82) is 0 Å². The van der Waals surface area contributed by atoms with E-state index in [0.717, 1.165) is 24.8 Å². The lowest BCUT2D eigenvalue weighted by atomic mass is 10.1. The topological polar surface area (TPSA) is 29.3 Å². The van der Waals surface area contributed by atoms with Gasteiger partial charge in [-0.3, -0.25) is 4.90 Å². The summed E-state index contributed by atoms with van der Waals surface area (Å²) >= 11 is 0. The van der Waals surface area contributed by atoms with Gasteiger partial charge in [-0.15, -0.1) is 6.58 Å². The maximum atomic E-state index is 5.82. The quantitative estimate of drug-likeness (QED) is 0.605. The van der Waals surface area contributed by atoms with Crippen molar-refractivity contribution in [2.24, 2.45) is 0 Å². The van der Waals surface area contributed by atoms with Crippen molar-refractivity contribution in [3.05, 3.63) is 42.0 Å². The first-order chi connectivity index (χ1) is 7.70. The molecule has 2 N–H and O–H groups in total. The van der Waals surface area contributed by atoms with Crippen LogP contribution in [0.5, 0.6) is 0 Å². The second kappa shape index (κ2) is 4.71. The minimum Gasteiger partial charge on any atom is -0.399 e. The Labute approximate surface area is 97.8 Å². The van der Waals surface area contributed by atoms with E-state index < -0.39 is 0 Å². The fourth-order valence-electron chi connectivity index (χ4n) is 2.02. The SMILES string of the molecule is C=CCN(Cc1ccc(N)c(C)c1)C1CC1. The molecule has 2 heteroatoms. The lowest BCUT2D eigenvalue weighted by Crippen LogP contribution is -2.25. The van der Waals surface area contributed by atoms with Gasteiger partial charge in [0.2, 0.25) is 0 Å². The van der Waals surface area contributed by atoms with Crippen LogP contribution in [0, 0.1) is 6.92 Å². The number of nitrogens with zero attached hydrogens (tertiary/aromatic N) is 1. The van der Waals surface area contributed by atoms with Crippen LogP contribution < -0.4 is 5.73 Å². The molecule has 0 aromatic heterocycles. The molecule has 0 atom stereocenters. The van der Waals surface area contributed by atoms with Crippen molar-refractivity contribution in [2.45, 2.75) is 32.4 Å². The third-order valence-corrected chi connectivity index (χ3v) is 3.15. The van der Waals surface area contributed by atoms with Gasteiger partial charge in [-0.05, 0) is 37.0 Å². The van der Waals surface area contributed by atoms with Gasteiger partial charge < -0.3 is 5.73 Å². The number of hydrogen-bond donors (Lipinski definition) is 1. The minimum atomic E-state index is 0.774. The summed E-state index contributed by atoms with van der Waals surface area (Å²) < 4.78 is 0. The summed E-state index contributed by atoms with van der Waals surface area (Å²) in [5.41, 5.74) is 9.22. The van der Waals surface area contributed by atoms with Gasteiger partial charge in [0.25, 0.3) is 0 Å². The second-order valence-electron chi connectivity index (χ2n) is 4.64. The molecule has 0 radical (unpaired) electrons. The number of benzene rings is 1. The first-order valence-electron chi connectivity index (χ1n) is 5.90. The van der Waals surface area contributed by atoms with Gasteiger partial charge >= 0.3 is 0 Å². The van der Waals surface area contributed by atoms with Crippen LogP contribution >= 0.6 is 0 Å². The Morgan fingerprint density at radius 3 is 2.81 bits per heavy atom. The van der Waals surface area contributed by atoms with E-state index in [9.17, 15) is 0 Å². The molecule has 0 bridgehead atoms. The van der Waals surface area contributed by atoms with Gasteiger partial charge in [-0.25, -0.2) is 0 Å². The van der Waals surface area contributed by atoms with E-state index >= 15 is 0 Å². The van der Waals surface area contributed by atoms with Crippen LogP contribution in [-0.4, -0.2) is 17.5 Å². The van der Waals surface area contributed by atoms with Gasteiger partial charge in [0, 0.05) is 24.8 Å². The first-order valence-corrected chi connectivity index (χ1v) is 5.90. The fourth-order valence-corrected chi connectivity index (χ4v) is 2.02. The molecule has 86 valence electrons. The molecule has 1 aromatic rings.